The molecule has 0 bridgehead atoms. The molecule has 2 aromatic carbocycles. The molecule has 7 heteroatoms. The standard InChI is InChI=1S/C30H32N4O3/c1-2-32-14-16-33(17-15-32)21-25-20-31-34(29(25)27-9-6-18-35-27)26-12-10-24(11-13-26)30-28(36-22-37-30)19-23-7-4-3-5-8-23/h3-13,18,20H,2,14-17,19,21-22H2,1H3. The summed E-state index contributed by atoms with van der Waals surface area (Å²) in [5.41, 5.74) is 5.33. The van der Waals surface area contributed by atoms with Gasteiger partial charge in [0.1, 0.15) is 11.5 Å². The number of allylic oxidation sites excluding steroid dienone is 1. The van der Waals surface area contributed by atoms with Gasteiger partial charge in [0.05, 0.1) is 18.1 Å². The lowest BCUT2D eigenvalue weighted by molar-refractivity contribution is 0.0857. The Bertz CT molecular complexity index is 1340. The highest BCUT2D eigenvalue weighted by atomic mass is 16.7. The molecule has 0 unspecified atom stereocenters. The van der Waals surface area contributed by atoms with E-state index in [0.29, 0.717) is 6.42 Å². The third kappa shape index (κ3) is 5.05. The fraction of sp³-hybridized carbons (Fsp3) is 0.300. The number of benzene rings is 2. The third-order valence-electron chi connectivity index (χ3n) is 7.18. The maximum Gasteiger partial charge on any atom is 0.230 e. The second-order valence-corrected chi connectivity index (χ2v) is 9.49. The predicted molar refractivity (Wildman–Crippen MR) is 143 cm³/mol. The molecule has 0 spiro atoms. The van der Waals surface area contributed by atoms with E-state index in [2.05, 4.69) is 53.1 Å². The molecule has 0 amide bonds. The first-order valence-electron chi connectivity index (χ1n) is 13.0. The quantitative estimate of drug-likeness (QED) is 0.335. The molecule has 0 aliphatic carbocycles. The second kappa shape index (κ2) is 10.7. The summed E-state index contributed by atoms with van der Waals surface area (Å²) in [6.45, 7) is 8.78. The molecular formula is C30H32N4O3. The van der Waals surface area contributed by atoms with Gasteiger partial charge in [-0.3, -0.25) is 4.90 Å². The summed E-state index contributed by atoms with van der Waals surface area (Å²) in [5, 5.41) is 4.79. The van der Waals surface area contributed by atoms with Gasteiger partial charge in [-0.25, -0.2) is 4.68 Å². The van der Waals surface area contributed by atoms with Crippen molar-refractivity contribution in [3.63, 3.8) is 0 Å². The van der Waals surface area contributed by atoms with Gasteiger partial charge < -0.3 is 18.8 Å². The molecule has 0 radical (unpaired) electrons. The summed E-state index contributed by atoms with van der Waals surface area (Å²) in [4.78, 5) is 5.00. The minimum Gasteiger partial charge on any atom is -0.463 e. The van der Waals surface area contributed by atoms with Gasteiger partial charge in [0.15, 0.2) is 11.5 Å². The Morgan fingerprint density at radius 2 is 1.62 bits per heavy atom. The minimum absolute atomic E-state index is 0.247. The first kappa shape index (κ1) is 23.6. The molecule has 6 rings (SSSR count). The molecule has 190 valence electrons. The van der Waals surface area contributed by atoms with Crippen molar-refractivity contribution in [3.8, 4) is 17.1 Å². The Balaban J connectivity index is 1.26. The number of nitrogens with zero attached hydrogens (tertiary/aromatic N) is 4. The van der Waals surface area contributed by atoms with Crippen LogP contribution >= 0.6 is 0 Å². The molecule has 0 atom stereocenters. The van der Waals surface area contributed by atoms with Crippen LogP contribution in [0.15, 0.2) is 89.4 Å². The number of rotatable bonds is 8. The fourth-order valence-corrected chi connectivity index (χ4v) is 5.09. The van der Waals surface area contributed by atoms with E-state index >= 15 is 0 Å². The van der Waals surface area contributed by atoms with Crippen LogP contribution in [0.5, 0.6) is 0 Å². The van der Waals surface area contributed by atoms with Crippen LogP contribution in [0, 0.1) is 0 Å². The van der Waals surface area contributed by atoms with Crippen molar-refractivity contribution in [2.24, 2.45) is 0 Å². The van der Waals surface area contributed by atoms with Crippen LogP contribution in [0.2, 0.25) is 0 Å². The van der Waals surface area contributed by atoms with Crippen LogP contribution in [0.1, 0.15) is 23.6 Å². The second-order valence-electron chi connectivity index (χ2n) is 9.49. The van der Waals surface area contributed by atoms with Crippen LogP contribution < -0.4 is 0 Å². The van der Waals surface area contributed by atoms with Crippen LogP contribution in [0.25, 0.3) is 22.9 Å². The molecule has 4 aromatic rings. The van der Waals surface area contributed by atoms with Crippen LogP contribution in [0.3, 0.4) is 0 Å². The maximum atomic E-state index is 5.87. The monoisotopic (exact) mass is 496 g/mol. The highest BCUT2D eigenvalue weighted by Crippen LogP contribution is 2.32. The normalized spacial score (nSPS) is 16.7. The molecule has 1 fully saturated rings. The van der Waals surface area contributed by atoms with E-state index in [-0.39, 0.29) is 6.79 Å². The molecule has 4 heterocycles. The van der Waals surface area contributed by atoms with Crippen molar-refractivity contribution in [3.05, 3.63) is 102 Å². The van der Waals surface area contributed by atoms with Gasteiger partial charge in [-0.2, -0.15) is 5.10 Å². The molecule has 7 nitrogen and oxygen atoms in total. The van der Waals surface area contributed by atoms with E-state index in [0.717, 1.165) is 73.5 Å². The van der Waals surface area contributed by atoms with Crippen molar-refractivity contribution < 1.29 is 13.9 Å². The van der Waals surface area contributed by atoms with Gasteiger partial charge in [0.2, 0.25) is 6.79 Å². The highest BCUT2D eigenvalue weighted by molar-refractivity contribution is 5.66. The molecule has 1 saturated heterocycles. The van der Waals surface area contributed by atoms with Crippen LogP contribution in [-0.4, -0.2) is 59.1 Å². The molecule has 0 N–H and O–H groups in total. The molecule has 2 aliphatic heterocycles. The first-order valence-corrected chi connectivity index (χ1v) is 13.0. The van der Waals surface area contributed by atoms with Gasteiger partial charge in [-0.05, 0) is 48.5 Å². The summed E-state index contributed by atoms with van der Waals surface area (Å²) in [6.07, 6.45) is 4.40. The first-order chi connectivity index (χ1) is 18.3. The average molecular weight is 497 g/mol. The lowest BCUT2D eigenvalue weighted by Gasteiger charge is -2.33. The largest absolute Gasteiger partial charge is 0.463 e. The number of hydrogen-bond acceptors (Lipinski definition) is 6. The van der Waals surface area contributed by atoms with Crippen molar-refractivity contribution in [1.82, 2.24) is 19.6 Å². The van der Waals surface area contributed by atoms with Gasteiger partial charge in [-0.1, -0.05) is 37.3 Å². The summed E-state index contributed by atoms with van der Waals surface area (Å²) < 4.78 is 19.5. The zero-order valence-corrected chi connectivity index (χ0v) is 21.2. The van der Waals surface area contributed by atoms with E-state index in [1.54, 1.807) is 6.26 Å². The number of hydrogen-bond donors (Lipinski definition) is 0. The predicted octanol–water partition coefficient (Wildman–Crippen LogP) is 5.19. The molecule has 2 aromatic heterocycles. The van der Waals surface area contributed by atoms with Crippen LogP contribution in [0.4, 0.5) is 0 Å². The number of aromatic nitrogens is 2. The summed E-state index contributed by atoms with van der Waals surface area (Å²) in [5.74, 6) is 2.48. The van der Waals surface area contributed by atoms with Gasteiger partial charge in [0, 0.05) is 50.3 Å². The minimum atomic E-state index is 0.247. The topological polar surface area (TPSA) is 55.9 Å². The number of ether oxygens (including phenoxy) is 2. The van der Waals surface area contributed by atoms with Crippen molar-refractivity contribution in [2.45, 2.75) is 19.9 Å². The van der Waals surface area contributed by atoms with Gasteiger partial charge in [-0.15, -0.1) is 0 Å². The smallest absolute Gasteiger partial charge is 0.230 e. The zero-order valence-electron chi connectivity index (χ0n) is 21.2. The third-order valence-corrected chi connectivity index (χ3v) is 7.18. The lowest BCUT2D eigenvalue weighted by atomic mass is 10.1. The molecular weight excluding hydrogens is 464 g/mol. The average Bonchev–Trinajstić information content (AvgIpc) is 3.71. The Hall–Kier alpha value is -3.81. The summed E-state index contributed by atoms with van der Waals surface area (Å²) >= 11 is 0. The Morgan fingerprint density at radius 1 is 0.838 bits per heavy atom. The van der Waals surface area contributed by atoms with E-state index in [4.69, 9.17) is 19.0 Å². The Morgan fingerprint density at radius 3 is 2.35 bits per heavy atom. The fourth-order valence-electron chi connectivity index (χ4n) is 5.09. The lowest BCUT2D eigenvalue weighted by Crippen LogP contribution is -2.45. The van der Waals surface area contributed by atoms with E-state index in [9.17, 15) is 0 Å². The number of furan rings is 1. The molecule has 37 heavy (non-hydrogen) atoms. The SMILES string of the molecule is CCN1CCN(Cc2cnn(-c3ccc(C4=C(Cc5ccccc5)OCO4)cc3)c2-c2ccco2)CC1. The van der Waals surface area contributed by atoms with E-state index in [1.807, 2.05) is 41.2 Å². The highest BCUT2D eigenvalue weighted by Gasteiger charge is 2.23. The van der Waals surface area contributed by atoms with Crippen molar-refractivity contribution in [2.75, 3.05) is 39.5 Å². The maximum absolute atomic E-state index is 5.87. The zero-order chi connectivity index (χ0) is 25.0. The van der Waals surface area contributed by atoms with Crippen molar-refractivity contribution >= 4 is 5.76 Å². The van der Waals surface area contributed by atoms with E-state index < -0.39 is 0 Å². The van der Waals surface area contributed by atoms with E-state index in [1.165, 1.54) is 11.1 Å². The number of likely N-dealkylation sites (N-methyl/N-ethyl adjacent to an activating group) is 1. The summed E-state index contributed by atoms with van der Waals surface area (Å²) in [7, 11) is 0. The number of piperazine rings is 1. The Labute approximate surface area is 217 Å². The molecule has 2 aliphatic rings. The summed E-state index contributed by atoms with van der Waals surface area (Å²) in [6, 6.07) is 22.5. The van der Waals surface area contributed by atoms with Crippen LogP contribution in [-0.2, 0) is 22.4 Å². The van der Waals surface area contributed by atoms with Crippen molar-refractivity contribution in [1.29, 1.82) is 0 Å². The Kier molecular flexibility index (Phi) is 6.80. The van der Waals surface area contributed by atoms with Gasteiger partial charge in [0.25, 0.3) is 0 Å². The van der Waals surface area contributed by atoms with Gasteiger partial charge >= 0.3 is 0 Å². The molecule has 0 saturated carbocycles.